The van der Waals surface area contributed by atoms with Crippen molar-refractivity contribution < 1.29 is 4.79 Å². The fourth-order valence-corrected chi connectivity index (χ4v) is 3.79. The molecular formula is C22H21N5O. The van der Waals surface area contributed by atoms with Crippen LogP contribution in [0.4, 0.5) is 0 Å². The van der Waals surface area contributed by atoms with Gasteiger partial charge in [-0.1, -0.05) is 18.2 Å². The van der Waals surface area contributed by atoms with Crippen molar-refractivity contribution in [2.75, 3.05) is 33.2 Å². The first-order valence-corrected chi connectivity index (χ1v) is 9.49. The Morgan fingerprint density at radius 1 is 1.07 bits per heavy atom. The molecule has 28 heavy (non-hydrogen) atoms. The summed E-state index contributed by atoms with van der Waals surface area (Å²) in [4.78, 5) is 29.3. The Morgan fingerprint density at radius 3 is 2.79 bits per heavy atom. The lowest BCUT2D eigenvalue weighted by Crippen LogP contribution is -2.47. The molecule has 4 heterocycles. The third-order valence-corrected chi connectivity index (χ3v) is 5.49. The number of H-pyrrole nitrogens is 1. The van der Waals surface area contributed by atoms with Gasteiger partial charge in [0, 0.05) is 61.1 Å². The molecule has 140 valence electrons. The van der Waals surface area contributed by atoms with E-state index in [1.54, 1.807) is 12.4 Å². The molecule has 1 N–H and O–H groups in total. The lowest BCUT2D eigenvalue weighted by molar-refractivity contribution is 0.0664. The number of carbonyl (C=O) groups excluding carboxylic acids is 1. The van der Waals surface area contributed by atoms with Gasteiger partial charge >= 0.3 is 0 Å². The molecule has 1 aliphatic heterocycles. The van der Waals surface area contributed by atoms with E-state index in [9.17, 15) is 4.79 Å². The summed E-state index contributed by atoms with van der Waals surface area (Å²) in [6.45, 7) is 3.31. The summed E-state index contributed by atoms with van der Waals surface area (Å²) in [7, 11) is 2.08. The smallest absolute Gasteiger partial charge is 0.255 e. The minimum atomic E-state index is 0.0508. The van der Waals surface area contributed by atoms with Crippen LogP contribution in [0.5, 0.6) is 0 Å². The standard InChI is InChI=1S/C22H21N5O/c1-26-7-9-27(10-8-26)22(28)17-11-18-19(14-25-21(18)24-13-17)16-5-4-15-3-2-6-23-20(15)12-16/h2-6,11-14H,7-10H2,1H3,(H,24,25). The van der Waals surface area contributed by atoms with Gasteiger partial charge in [-0.15, -0.1) is 0 Å². The highest BCUT2D eigenvalue weighted by Crippen LogP contribution is 2.30. The molecule has 1 amide bonds. The maximum atomic E-state index is 12.9. The number of nitrogens with one attached hydrogen (secondary N) is 1. The van der Waals surface area contributed by atoms with Crippen molar-refractivity contribution in [1.29, 1.82) is 0 Å². The van der Waals surface area contributed by atoms with Gasteiger partial charge in [0.25, 0.3) is 5.91 Å². The van der Waals surface area contributed by atoms with Crippen LogP contribution in [0.2, 0.25) is 0 Å². The number of aromatic nitrogens is 3. The van der Waals surface area contributed by atoms with Crippen LogP contribution < -0.4 is 0 Å². The molecule has 3 aromatic heterocycles. The molecule has 1 fully saturated rings. The van der Waals surface area contributed by atoms with Gasteiger partial charge in [-0.3, -0.25) is 9.78 Å². The molecule has 0 radical (unpaired) electrons. The van der Waals surface area contributed by atoms with Crippen LogP contribution in [0, 0.1) is 0 Å². The Bertz CT molecular complexity index is 1170. The Hall–Kier alpha value is -3.25. The van der Waals surface area contributed by atoms with Crippen molar-refractivity contribution in [1.82, 2.24) is 24.8 Å². The van der Waals surface area contributed by atoms with Gasteiger partial charge in [-0.2, -0.15) is 0 Å². The second kappa shape index (κ2) is 6.73. The first kappa shape index (κ1) is 16.9. The molecule has 0 atom stereocenters. The molecule has 1 aromatic carbocycles. The maximum Gasteiger partial charge on any atom is 0.255 e. The van der Waals surface area contributed by atoms with Gasteiger partial charge in [0.05, 0.1) is 11.1 Å². The third-order valence-electron chi connectivity index (χ3n) is 5.49. The van der Waals surface area contributed by atoms with E-state index >= 15 is 0 Å². The quantitative estimate of drug-likeness (QED) is 0.588. The van der Waals surface area contributed by atoms with Crippen LogP contribution in [0.1, 0.15) is 10.4 Å². The van der Waals surface area contributed by atoms with E-state index < -0.39 is 0 Å². The summed E-state index contributed by atoms with van der Waals surface area (Å²) in [6, 6.07) is 12.2. The van der Waals surface area contributed by atoms with Crippen molar-refractivity contribution in [2.24, 2.45) is 0 Å². The minimum absolute atomic E-state index is 0.0508. The first-order chi connectivity index (χ1) is 13.7. The summed E-state index contributed by atoms with van der Waals surface area (Å²) < 4.78 is 0. The third kappa shape index (κ3) is 2.92. The fraction of sp³-hybridized carbons (Fsp3) is 0.227. The highest BCUT2D eigenvalue weighted by molar-refractivity contribution is 6.01. The van der Waals surface area contributed by atoms with Crippen LogP contribution in [0.3, 0.4) is 0 Å². The summed E-state index contributed by atoms with van der Waals surface area (Å²) in [5.74, 6) is 0.0508. The van der Waals surface area contributed by atoms with Gasteiger partial charge < -0.3 is 14.8 Å². The molecule has 0 saturated carbocycles. The van der Waals surface area contributed by atoms with Crippen LogP contribution in [-0.4, -0.2) is 63.9 Å². The van der Waals surface area contributed by atoms with Gasteiger partial charge in [0.2, 0.25) is 0 Å². The average Bonchev–Trinajstić information content (AvgIpc) is 3.16. The molecule has 1 aliphatic rings. The van der Waals surface area contributed by atoms with Crippen molar-refractivity contribution in [3.8, 4) is 11.1 Å². The predicted molar refractivity (Wildman–Crippen MR) is 110 cm³/mol. The molecule has 5 rings (SSSR count). The zero-order valence-corrected chi connectivity index (χ0v) is 15.7. The van der Waals surface area contributed by atoms with E-state index in [0.717, 1.165) is 59.2 Å². The summed E-state index contributed by atoms with van der Waals surface area (Å²) in [5.41, 5.74) is 4.46. The molecule has 6 heteroatoms. The fourth-order valence-electron chi connectivity index (χ4n) is 3.79. The highest BCUT2D eigenvalue weighted by Gasteiger charge is 2.21. The number of hydrogen-bond acceptors (Lipinski definition) is 4. The molecular weight excluding hydrogens is 350 g/mol. The van der Waals surface area contributed by atoms with E-state index in [1.165, 1.54) is 0 Å². The van der Waals surface area contributed by atoms with Crippen LogP contribution in [0.15, 0.2) is 55.0 Å². The lowest BCUT2D eigenvalue weighted by atomic mass is 10.0. The Balaban J connectivity index is 1.53. The Kier molecular flexibility index (Phi) is 4.06. The maximum absolute atomic E-state index is 12.9. The van der Waals surface area contributed by atoms with Crippen molar-refractivity contribution in [3.05, 3.63) is 60.6 Å². The number of aromatic amines is 1. The van der Waals surface area contributed by atoms with Gasteiger partial charge in [0.15, 0.2) is 0 Å². The monoisotopic (exact) mass is 371 g/mol. The molecule has 6 nitrogen and oxygen atoms in total. The lowest BCUT2D eigenvalue weighted by Gasteiger charge is -2.32. The SMILES string of the molecule is CN1CCN(C(=O)c2cnc3[nH]cc(-c4ccc5cccnc5c4)c3c2)CC1. The second-order valence-electron chi connectivity index (χ2n) is 7.33. The van der Waals surface area contributed by atoms with Crippen molar-refractivity contribution >= 4 is 27.8 Å². The number of fused-ring (bicyclic) bond motifs is 2. The Morgan fingerprint density at radius 2 is 1.93 bits per heavy atom. The van der Waals surface area contributed by atoms with E-state index in [1.807, 2.05) is 23.2 Å². The molecule has 0 aliphatic carbocycles. The largest absolute Gasteiger partial charge is 0.346 e. The topological polar surface area (TPSA) is 65.1 Å². The molecule has 4 aromatic rings. The van der Waals surface area contributed by atoms with Crippen molar-refractivity contribution in [3.63, 3.8) is 0 Å². The van der Waals surface area contributed by atoms with E-state index in [-0.39, 0.29) is 5.91 Å². The summed E-state index contributed by atoms with van der Waals surface area (Å²) in [6.07, 6.45) is 5.42. The van der Waals surface area contributed by atoms with E-state index in [0.29, 0.717) is 5.56 Å². The highest BCUT2D eigenvalue weighted by atomic mass is 16.2. The number of piperazine rings is 1. The molecule has 0 spiro atoms. The number of carbonyl (C=O) groups is 1. The number of amides is 1. The second-order valence-corrected chi connectivity index (χ2v) is 7.33. The average molecular weight is 371 g/mol. The van der Waals surface area contributed by atoms with Gasteiger partial charge in [0.1, 0.15) is 5.65 Å². The number of hydrogen-bond donors (Lipinski definition) is 1. The molecule has 0 bridgehead atoms. The number of benzene rings is 1. The summed E-state index contributed by atoms with van der Waals surface area (Å²) >= 11 is 0. The van der Waals surface area contributed by atoms with E-state index in [4.69, 9.17) is 0 Å². The zero-order chi connectivity index (χ0) is 19.1. The normalized spacial score (nSPS) is 15.4. The van der Waals surface area contributed by atoms with E-state index in [2.05, 4.69) is 51.2 Å². The number of nitrogens with zero attached hydrogens (tertiary/aromatic N) is 4. The number of likely N-dealkylation sites (N-methyl/N-ethyl adjacent to an activating group) is 1. The van der Waals surface area contributed by atoms with Crippen LogP contribution >= 0.6 is 0 Å². The van der Waals surface area contributed by atoms with Crippen LogP contribution in [-0.2, 0) is 0 Å². The zero-order valence-electron chi connectivity index (χ0n) is 15.7. The Labute approximate surface area is 162 Å². The first-order valence-electron chi connectivity index (χ1n) is 9.49. The van der Waals surface area contributed by atoms with Gasteiger partial charge in [-0.05, 0) is 30.8 Å². The number of pyridine rings is 2. The molecule has 1 saturated heterocycles. The predicted octanol–water partition coefficient (Wildman–Crippen LogP) is 3.17. The number of rotatable bonds is 2. The molecule has 0 unspecified atom stereocenters. The summed E-state index contributed by atoms with van der Waals surface area (Å²) in [5, 5.41) is 2.06. The van der Waals surface area contributed by atoms with Crippen molar-refractivity contribution in [2.45, 2.75) is 0 Å². The van der Waals surface area contributed by atoms with Crippen LogP contribution in [0.25, 0.3) is 33.1 Å². The minimum Gasteiger partial charge on any atom is -0.346 e. The van der Waals surface area contributed by atoms with Gasteiger partial charge in [-0.25, -0.2) is 4.98 Å².